The molecule has 1 rings (SSSR count). The van der Waals surface area contributed by atoms with E-state index in [4.69, 9.17) is 6.42 Å². The van der Waals surface area contributed by atoms with Crippen LogP contribution >= 0.6 is 0 Å². The Hall–Kier alpha value is -1.56. The minimum Gasteiger partial charge on any atom is -0.356 e. The second kappa shape index (κ2) is 10.4. The van der Waals surface area contributed by atoms with Gasteiger partial charge in [0.1, 0.15) is 5.78 Å². The van der Waals surface area contributed by atoms with E-state index in [0.717, 1.165) is 32.1 Å². The summed E-state index contributed by atoms with van der Waals surface area (Å²) >= 11 is 0. The molecule has 140 valence electrons. The summed E-state index contributed by atoms with van der Waals surface area (Å²) in [6.07, 6.45) is 14.3. The van der Waals surface area contributed by atoms with E-state index in [2.05, 4.69) is 31.2 Å². The highest BCUT2D eigenvalue weighted by Gasteiger charge is 2.34. The molecule has 25 heavy (non-hydrogen) atoms. The van der Waals surface area contributed by atoms with Crippen LogP contribution in [0.4, 0.5) is 0 Å². The molecule has 1 heterocycles. The Morgan fingerprint density at radius 2 is 2.04 bits per heavy atom. The van der Waals surface area contributed by atoms with Crippen LogP contribution in [0.15, 0.2) is 11.6 Å². The molecule has 1 N–H and O–H groups in total. The van der Waals surface area contributed by atoms with Crippen molar-refractivity contribution in [2.24, 2.45) is 17.3 Å². The molecule has 1 aliphatic rings. The standard InChI is InChI=1S/C22H35NO2/c1-6-9-19-16-18(3)11-7-10-17(2)12-8-15-23-20(24)13-14-22(4,5)21(19)25/h1,12,18-19H,7-11,13-16H2,2-5H3,(H,23,24). The Balaban J connectivity index is 2.88. The number of terminal acetylenes is 1. The van der Waals surface area contributed by atoms with Crippen LogP contribution in [0.25, 0.3) is 0 Å². The Kier molecular flexibility index (Phi) is 8.97. The molecule has 0 saturated carbocycles. The van der Waals surface area contributed by atoms with Gasteiger partial charge in [-0.1, -0.05) is 38.8 Å². The van der Waals surface area contributed by atoms with Gasteiger partial charge in [-0.25, -0.2) is 0 Å². The zero-order chi connectivity index (χ0) is 18.9. The second-order valence-corrected chi connectivity index (χ2v) is 8.28. The molecule has 1 amide bonds. The van der Waals surface area contributed by atoms with Crippen LogP contribution in [0.1, 0.15) is 79.1 Å². The van der Waals surface area contributed by atoms with Crippen molar-refractivity contribution < 1.29 is 9.59 Å². The molecule has 0 bridgehead atoms. The second-order valence-electron chi connectivity index (χ2n) is 8.28. The van der Waals surface area contributed by atoms with Gasteiger partial charge in [-0.3, -0.25) is 9.59 Å². The fourth-order valence-electron chi connectivity index (χ4n) is 3.58. The third-order valence-corrected chi connectivity index (χ3v) is 5.29. The van der Waals surface area contributed by atoms with Crippen molar-refractivity contribution in [3.63, 3.8) is 0 Å². The van der Waals surface area contributed by atoms with Gasteiger partial charge in [0, 0.05) is 30.7 Å². The number of carbonyl (C=O) groups excluding carboxylic acids is 2. The Labute approximate surface area is 154 Å². The molecule has 0 aromatic rings. The van der Waals surface area contributed by atoms with Crippen molar-refractivity contribution >= 4 is 11.7 Å². The van der Waals surface area contributed by atoms with E-state index >= 15 is 0 Å². The first kappa shape index (κ1) is 21.5. The lowest BCUT2D eigenvalue weighted by Gasteiger charge is -2.29. The lowest BCUT2D eigenvalue weighted by atomic mass is 9.74. The Morgan fingerprint density at radius 1 is 1.32 bits per heavy atom. The summed E-state index contributed by atoms with van der Waals surface area (Å²) in [6.45, 7) is 8.95. The van der Waals surface area contributed by atoms with Crippen molar-refractivity contribution in [1.29, 1.82) is 0 Å². The van der Waals surface area contributed by atoms with Crippen LogP contribution < -0.4 is 5.32 Å². The summed E-state index contributed by atoms with van der Waals surface area (Å²) in [6, 6.07) is 0. The highest BCUT2D eigenvalue weighted by atomic mass is 16.1. The fraction of sp³-hybridized carbons (Fsp3) is 0.727. The molecule has 0 saturated heterocycles. The summed E-state index contributed by atoms with van der Waals surface area (Å²) in [5.74, 6) is 3.32. The van der Waals surface area contributed by atoms with Gasteiger partial charge in [-0.05, 0) is 44.9 Å². The van der Waals surface area contributed by atoms with E-state index in [1.807, 2.05) is 13.8 Å². The largest absolute Gasteiger partial charge is 0.356 e. The minimum absolute atomic E-state index is 0.0286. The maximum atomic E-state index is 13.0. The molecular weight excluding hydrogens is 310 g/mol. The first-order chi connectivity index (χ1) is 11.8. The lowest BCUT2D eigenvalue weighted by molar-refractivity contribution is -0.132. The third-order valence-electron chi connectivity index (χ3n) is 5.29. The van der Waals surface area contributed by atoms with E-state index in [1.165, 1.54) is 5.57 Å². The molecule has 0 spiro atoms. The summed E-state index contributed by atoms with van der Waals surface area (Å²) in [5, 5.41) is 2.95. The predicted octanol–water partition coefficient (Wildman–Crippen LogP) is 4.66. The van der Waals surface area contributed by atoms with Gasteiger partial charge < -0.3 is 5.32 Å². The van der Waals surface area contributed by atoms with Gasteiger partial charge in [0.2, 0.25) is 5.91 Å². The molecule has 2 atom stereocenters. The van der Waals surface area contributed by atoms with Crippen molar-refractivity contribution in [2.75, 3.05) is 6.54 Å². The molecule has 3 nitrogen and oxygen atoms in total. The van der Waals surface area contributed by atoms with Crippen molar-refractivity contribution in [3.8, 4) is 12.3 Å². The third kappa shape index (κ3) is 7.90. The van der Waals surface area contributed by atoms with Crippen molar-refractivity contribution in [3.05, 3.63) is 11.6 Å². The minimum atomic E-state index is -0.508. The van der Waals surface area contributed by atoms with Crippen LogP contribution in [0.3, 0.4) is 0 Å². The van der Waals surface area contributed by atoms with E-state index in [-0.39, 0.29) is 17.6 Å². The van der Waals surface area contributed by atoms with Crippen LogP contribution in [-0.2, 0) is 9.59 Å². The predicted molar refractivity (Wildman–Crippen MR) is 104 cm³/mol. The number of Topliss-reactive ketones (excluding diaryl/α,β-unsaturated/α-hetero) is 1. The van der Waals surface area contributed by atoms with Gasteiger partial charge in [0.15, 0.2) is 0 Å². The number of hydrogen-bond acceptors (Lipinski definition) is 2. The average molecular weight is 346 g/mol. The normalized spacial score (nSPS) is 27.1. The molecule has 0 fully saturated rings. The summed E-state index contributed by atoms with van der Waals surface area (Å²) in [7, 11) is 0. The topological polar surface area (TPSA) is 46.2 Å². The molecule has 3 heteroatoms. The quantitative estimate of drug-likeness (QED) is 0.555. The van der Waals surface area contributed by atoms with Crippen molar-refractivity contribution in [2.45, 2.75) is 79.1 Å². The number of allylic oxidation sites excluding steroid dienone is 1. The number of nitrogens with one attached hydrogen (secondary N) is 1. The van der Waals surface area contributed by atoms with Crippen LogP contribution in [0.2, 0.25) is 0 Å². The van der Waals surface area contributed by atoms with Gasteiger partial charge >= 0.3 is 0 Å². The Morgan fingerprint density at radius 3 is 2.72 bits per heavy atom. The summed E-state index contributed by atoms with van der Waals surface area (Å²) < 4.78 is 0. The number of ketones is 1. The SMILES string of the molecule is C#CCC1CC(C)CCCC(C)=CCCNC(=O)CCC(C)(C)C1=O. The molecule has 0 aromatic heterocycles. The molecule has 0 aromatic carbocycles. The highest BCUT2D eigenvalue weighted by Crippen LogP contribution is 2.32. The number of rotatable bonds is 1. The summed E-state index contributed by atoms with van der Waals surface area (Å²) in [5.41, 5.74) is 0.873. The van der Waals surface area contributed by atoms with E-state index in [1.54, 1.807) is 0 Å². The fourth-order valence-corrected chi connectivity index (χ4v) is 3.58. The van der Waals surface area contributed by atoms with Crippen molar-refractivity contribution in [1.82, 2.24) is 5.32 Å². The number of hydrogen-bond donors (Lipinski definition) is 1. The van der Waals surface area contributed by atoms with Gasteiger partial charge in [-0.15, -0.1) is 12.3 Å². The van der Waals surface area contributed by atoms with Gasteiger partial charge in [-0.2, -0.15) is 0 Å². The van der Waals surface area contributed by atoms with Crippen LogP contribution in [0.5, 0.6) is 0 Å². The monoisotopic (exact) mass is 345 g/mol. The zero-order valence-electron chi connectivity index (χ0n) is 16.5. The molecule has 1 aliphatic heterocycles. The number of carbonyl (C=O) groups is 2. The van der Waals surface area contributed by atoms with E-state index in [9.17, 15) is 9.59 Å². The molecule has 2 unspecified atom stereocenters. The van der Waals surface area contributed by atoms with Crippen LogP contribution in [0, 0.1) is 29.6 Å². The van der Waals surface area contributed by atoms with E-state index in [0.29, 0.717) is 31.7 Å². The van der Waals surface area contributed by atoms with Gasteiger partial charge in [0.25, 0.3) is 0 Å². The Bertz CT molecular complexity index is 525. The molecular formula is C22H35NO2. The molecule has 0 radical (unpaired) electrons. The molecule has 0 aliphatic carbocycles. The zero-order valence-corrected chi connectivity index (χ0v) is 16.5. The smallest absolute Gasteiger partial charge is 0.220 e. The average Bonchev–Trinajstić information content (AvgIpc) is 2.55. The lowest BCUT2D eigenvalue weighted by Crippen LogP contribution is -2.34. The maximum absolute atomic E-state index is 13.0. The maximum Gasteiger partial charge on any atom is 0.220 e. The number of amides is 1. The first-order valence-corrected chi connectivity index (χ1v) is 9.66. The van der Waals surface area contributed by atoms with Gasteiger partial charge in [0.05, 0.1) is 0 Å². The van der Waals surface area contributed by atoms with E-state index < -0.39 is 5.41 Å². The first-order valence-electron chi connectivity index (χ1n) is 9.66. The van der Waals surface area contributed by atoms with Crippen LogP contribution in [-0.4, -0.2) is 18.2 Å². The highest BCUT2D eigenvalue weighted by molar-refractivity contribution is 5.87. The summed E-state index contributed by atoms with van der Waals surface area (Å²) in [4.78, 5) is 25.1.